The van der Waals surface area contributed by atoms with Gasteiger partial charge < -0.3 is 15.2 Å². The van der Waals surface area contributed by atoms with E-state index in [-0.39, 0.29) is 19.1 Å². The van der Waals surface area contributed by atoms with Gasteiger partial charge in [-0.3, -0.25) is 4.79 Å². The van der Waals surface area contributed by atoms with Crippen LogP contribution in [0.4, 0.5) is 0 Å². The third-order valence-corrected chi connectivity index (χ3v) is 1.80. The minimum Gasteiger partial charge on any atom is -0.394 e. The predicted molar refractivity (Wildman–Crippen MR) is 55.6 cm³/mol. The van der Waals surface area contributed by atoms with E-state index in [0.29, 0.717) is 19.8 Å². The van der Waals surface area contributed by atoms with Crippen LogP contribution in [0.5, 0.6) is 0 Å². The Morgan fingerprint density at radius 1 is 1.50 bits per heavy atom. The summed E-state index contributed by atoms with van der Waals surface area (Å²) in [5.74, 6) is -0.104. The average Bonchev–Trinajstić information content (AvgIpc) is 2.76. The quantitative estimate of drug-likeness (QED) is 0.545. The molecule has 0 fully saturated rings. The third kappa shape index (κ3) is 5.42. The Kier molecular flexibility index (Phi) is 6.12. The van der Waals surface area contributed by atoms with E-state index >= 15 is 0 Å². The zero-order chi connectivity index (χ0) is 11.6. The van der Waals surface area contributed by atoms with Crippen molar-refractivity contribution in [1.29, 1.82) is 0 Å². The van der Waals surface area contributed by atoms with Gasteiger partial charge in [-0.15, -0.1) is 5.10 Å². The van der Waals surface area contributed by atoms with Crippen molar-refractivity contribution in [2.75, 3.05) is 26.4 Å². The molecule has 7 heteroatoms. The Bertz CT molecular complexity index is 289. The molecule has 7 nitrogen and oxygen atoms in total. The largest absolute Gasteiger partial charge is 0.394 e. The smallest absolute Gasteiger partial charge is 0.241 e. The van der Waals surface area contributed by atoms with Gasteiger partial charge in [0.1, 0.15) is 6.54 Å². The first-order valence-corrected chi connectivity index (χ1v) is 5.12. The van der Waals surface area contributed by atoms with E-state index in [4.69, 9.17) is 9.84 Å². The Morgan fingerprint density at radius 3 is 3.06 bits per heavy atom. The lowest BCUT2D eigenvalue weighted by Gasteiger charge is -2.05. The van der Waals surface area contributed by atoms with Crippen LogP contribution in [0.15, 0.2) is 12.4 Å². The molecule has 1 rings (SSSR count). The van der Waals surface area contributed by atoms with Crippen LogP contribution in [0.1, 0.15) is 6.42 Å². The molecule has 0 atom stereocenters. The number of carbonyl (C=O) groups is 1. The maximum Gasteiger partial charge on any atom is 0.241 e. The van der Waals surface area contributed by atoms with Gasteiger partial charge in [-0.05, 0) is 6.42 Å². The molecule has 0 saturated carbocycles. The molecule has 0 saturated heterocycles. The zero-order valence-corrected chi connectivity index (χ0v) is 9.00. The van der Waals surface area contributed by atoms with Gasteiger partial charge in [-0.25, -0.2) is 4.68 Å². The van der Waals surface area contributed by atoms with E-state index in [1.807, 2.05) is 0 Å². The number of nitrogens with zero attached hydrogens (tertiary/aromatic N) is 3. The highest BCUT2D eigenvalue weighted by atomic mass is 16.5. The highest BCUT2D eigenvalue weighted by molar-refractivity contribution is 5.75. The SMILES string of the molecule is O=C(Cn1ccnn1)NCCCOCCO. The average molecular weight is 228 g/mol. The Labute approximate surface area is 93.4 Å². The fourth-order valence-corrected chi connectivity index (χ4v) is 1.09. The van der Waals surface area contributed by atoms with Gasteiger partial charge in [-0.1, -0.05) is 5.21 Å². The lowest BCUT2D eigenvalue weighted by atomic mass is 10.4. The van der Waals surface area contributed by atoms with Crippen molar-refractivity contribution in [2.24, 2.45) is 0 Å². The van der Waals surface area contributed by atoms with Gasteiger partial charge in [0.15, 0.2) is 0 Å². The number of aliphatic hydroxyl groups excluding tert-OH is 1. The molecular weight excluding hydrogens is 212 g/mol. The van der Waals surface area contributed by atoms with Crippen LogP contribution < -0.4 is 5.32 Å². The van der Waals surface area contributed by atoms with Crippen molar-refractivity contribution in [1.82, 2.24) is 20.3 Å². The van der Waals surface area contributed by atoms with E-state index in [1.54, 1.807) is 6.20 Å². The summed E-state index contributed by atoms with van der Waals surface area (Å²) in [5.41, 5.74) is 0. The number of hydrogen-bond acceptors (Lipinski definition) is 5. The normalized spacial score (nSPS) is 10.3. The lowest BCUT2D eigenvalue weighted by Crippen LogP contribution is -2.29. The van der Waals surface area contributed by atoms with Crippen LogP contribution in [0.2, 0.25) is 0 Å². The van der Waals surface area contributed by atoms with Gasteiger partial charge in [0.05, 0.1) is 19.4 Å². The van der Waals surface area contributed by atoms with Crippen LogP contribution >= 0.6 is 0 Å². The topological polar surface area (TPSA) is 89.3 Å². The minimum atomic E-state index is -0.104. The van der Waals surface area contributed by atoms with Crippen LogP contribution in [-0.4, -0.2) is 52.4 Å². The Hall–Kier alpha value is -1.47. The minimum absolute atomic E-state index is 0.0264. The second-order valence-electron chi connectivity index (χ2n) is 3.14. The number of aliphatic hydroxyl groups is 1. The molecule has 1 aromatic heterocycles. The molecule has 2 N–H and O–H groups in total. The van der Waals surface area contributed by atoms with Crippen molar-refractivity contribution >= 4 is 5.91 Å². The van der Waals surface area contributed by atoms with Crippen LogP contribution in [0, 0.1) is 0 Å². The van der Waals surface area contributed by atoms with Crippen LogP contribution in [-0.2, 0) is 16.1 Å². The van der Waals surface area contributed by atoms with Gasteiger partial charge in [-0.2, -0.15) is 0 Å². The van der Waals surface area contributed by atoms with E-state index in [1.165, 1.54) is 10.9 Å². The first kappa shape index (κ1) is 12.6. The molecule has 0 aliphatic heterocycles. The molecular formula is C9H16N4O3. The van der Waals surface area contributed by atoms with Gasteiger partial charge in [0, 0.05) is 19.3 Å². The molecule has 0 unspecified atom stereocenters. The molecule has 0 aromatic carbocycles. The van der Waals surface area contributed by atoms with Gasteiger partial charge in [0.2, 0.25) is 5.91 Å². The molecule has 90 valence electrons. The predicted octanol–water partition coefficient (Wildman–Crippen LogP) is -1.21. The van der Waals surface area contributed by atoms with E-state index in [9.17, 15) is 4.79 Å². The first-order valence-electron chi connectivity index (χ1n) is 5.12. The van der Waals surface area contributed by atoms with Gasteiger partial charge in [0.25, 0.3) is 0 Å². The summed E-state index contributed by atoms with van der Waals surface area (Å²) in [6, 6.07) is 0. The van der Waals surface area contributed by atoms with Crippen LogP contribution in [0.25, 0.3) is 0 Å². The second kappa shape index (κ2) is 7.77. The summed E-state index contributed by atoms with van der Waals surface area (Å²) in [5, 5.41) is 18.4. The number of carbonyl (C=O) groups excluding carboxylic acids is 1. The maximum atomic E-state index is 11.3. The van der Waals surface area contributed by atoms with E-state index < -0.39 is 0 Å². The maximum absolute atomic E-state index is 11.3. The Morgan fingerprint density at radius 2 is 2.38 bits per heavy atom. The van der Waals surface area contributed by atoms with Crippen molar-refractivity contribution < 1.29 is 14.6 Å². The fraction of sp³-hybridized carbons (Fsp3) is 0.667. The number of nitrogens with one attached hydrogen (secondary N) is 1. The van der Waals surface area contributed by atoms with Crippen molar-refractivity contribution in [3.8, 4) is 0 Å². The summed E-state index contributed by atoms with van der Waals surface area (Å²) in [4.78, 5) is 11.3. The summed E-state index contributed by atoms with van der Waals surface area (Å²) >= 11 is 0. The van der Waals surface area contributed by atoms with Crippen molar-refractivity contribution in [3.63, 3.8) is 0 Å². The summed E-state index contributed by atoms with van der Waals surface area (Å²) < 4.78 is 6.50. The summed E-state index contributed by atoms with van der Waals surface area (Å²) in [6.45, 7) is 1.63. The molecule has 1 heterocycles. The third-order valence-electron chi connectivity index (χ3n) is 1.80. The number of aromatic nitrogens is 3. The summed E-state index contributed by atoms with van der Waals surface area (Å²) in [6.07, 6.45) is 3.88. The highest BCUT2D eigenvalue weighted by Gasteiger charge is 2.01. The molecule has 0 aliphatic carbocycles. The van der Waals surface area contributed by atoms with E-state index in [2.05, 4.69) is 15.6 Å². The molecule has 16 heavy (non-hydrogen) atoms. The number of amides is 1. The monoisotopic (exact) mass is 228 g/mol. The number of ether oxygens (including phenoxy) is 1. The zero-order valence-electron chi connectivity index (χ0n) is 9.00. The van der Waals surface area contributed by atoms with Crippen molar-refractivity contribution in [2.45, 2.75) is 13.0 Å². The first-order chi connectivity index (χ1) is 7.83. The number of hydrogen-bond donors (Lipinski definition) is 2. The molecule has 0 bridgehead atoms. The molecule has 0 radical (unpaired) electrons. The lowest BCUT2D eigenvalue weighted by molar-refractivity contribution is -0.121. The molecule has 1 amide bonds. The highest BCUT2D eigenvalue weighted by Crippen LogP contribution is 1.83. The molecule has 0 aliphatic rings. The van der Waals surface area contributed by atoms with Gasteiger partial charge >= 0.3 is 0 Å². The van der Waals surface area contributed by atoms with Crippen molar-refractivity contribution in [3.05, 3.63) is 12.4 Å². The molecule has 0 spiro atoms. The number of rotatable bonds is 8. The second-order valence-corrected chi connectivity index (χ2v) is 3.14. The molecule has 1 aromatic rings. The van der Waals surface area contributed by atoms with E-state index in [0.717, 1.165) is 6.42 Å². The Balaban J connectivity index is 1.98. The fourth-order valence-electron chi connectivity index (χ4n) is 1.09. The van der Waals surface area contributed by atoms with Crippen LogP contribution in [0.3, 0.4) is 0 Å². The summed E-state index contributed by atoms with van der Waals surface area (Å²) in [7, 11) is 0. The standard InChI is InChI=1S/C9H16N4O3/c14-5-7-16-6-1-2-10-9(15)8-13-4-3-11-12-13/h3-4,14H,1-2,5-8H2,(H,10,15).